The fourth-order valence-corrected chi connectivity index (χ4v) is 3.90. The van der Waals surface area contributed by atoms with Gasteiger partial charge in [-0.1, -0.05) is 16.8 Å². The van der Waals surface area contributed by atoms with Gasteiger partial charge in [0.25, 0.3) is 11.8 Å². The van der Waals surface area contributed by atoms with E-state index in [2.05, 4.69) is 20.1 Å². The smallest absolute Gasteiger partial charge is 0.278 e. The summed E-state index contributed by atoms with van der Waals surface area (Å²) in [5.74, 6) is 1.49. The number of halogens is 1. The minimum absolute atomic E-state index is 0.000841. The van der Waals surface area contributed by atoms with Crippen LogP contribution in [-0.4, -0.2) is 50.1 Å². The molecule has 0 unspecified atom stereocenters. The van der Waals surface area contributed by atoms with Crippen molar-refractivity contribution in [3.05, 3.63) is 52.7 Å². The Balaban J connectivity index is 1.42. The number of rotatable bonds is 5. The first-order chi connectivity index (χ1) is 14.9. The van der Waals surface area contributed by atoms with Crippen molar-refractivity contribution in [1.29, 1.82) is 0 Å². The molecule has 0 radical (unpaired) electrons. The van der Waals surface area contributed by atoms with Gasteiger partial charge in [0, 0.05) is 36.4 Å². The van der Waals surface area contributed by atoms with Gasteiger partial charge in [-0.2, -0.15) is 4.98 Å². The fourth-order valence-electron chi connectivity index (χ4n) is 3.79. The second kappa shape index (κ2) is 9.01. The monoisotopic (exact) mass is 441 g/mol. The Morgan fingerprint density at radius 3 is 2.77 bits per heavy atom. The van der Waals surface area contributed by atoms with Gasteiger partial charge < -0.3 is 14.2 Å². The molecular weight excluding hydrogens is 418 g/mol. The Bertz CT molecular complexity index is 1050. The molecular formula is C22H24ClN5O3. The third-order valence-electron chi connectivity index (χ3n) is 5.39. The Kier molecular flexibility index (Phi) is 6.18. The van der Waals surface area contributed by atoms with E-state index in [1.54, 1.807) is 25.5 Å². The molecule has 1 fully saturated rings. The van der Waals surface area contributed by atoms with E-state index in [1.807, 2.05) is 30.9 Å². The van der Waals surface area contributed by atoms with E-state index >= 15 is 0 Å². The van der Waals surface area contributed by atoms with Crippen molar-refractivity contribution in [1.82, 2.24) is 25.0 Å². The summed E-state index contributed by atoms with van der Waals surface area (Å²) in [5, 5.41) is 4.83. The lowest BCUT2D eigenvalue weighted by Gasteiger charge is -2.33. The number of aromatic nitrogens is 4. The number of carbonyl (C=O) groups excluding carboxylic acids is 1. The number of aryl methyl sites for hydroxylation is 2. The first-order valence-corrected chi connectivity index (χ1v) is 10.6. The third-order valence-corrected chi connectivity index (χ3v) is 5.99. The Labute approximate surface area is 185 Å². The zero-order chi connectivity index (χ0) is 22.0. The zero-order valence-corrected chi connectivity index (χ0v) is 18.5. The molecule has 8 nitrogen and oxygen atoms in total. The maximum absolute atomic E-state index is 13.0. The molecule has 1 aliphatic heterocycles. The van der Waals surface area contributed by atoms with E-state index in [0.717, 1.165) is 24.0 Å². The Morgan fingerprint density at radius 2 is 2.06 bits per heavy atom. The number of hydrogen-bond acceptors (Lipinski definition) is 7. The summed E-state index contributed by atoms with van der Waals surface area (Å²) in [6.45, 7) is 6.81. The van der Waals surface area contributed by atoms with E-state index in [1.165, 1.54) is 0 Å². The summed E-state index contributed by atoms with van der Waals surface area (Å²) < 4.78 is 11.3. The number of nitrogens with zero attached hydrogens (tertiary/aromatic N) is 5. The molecule has 2 aromatic heterocycles. The molecule has 1 aliphatic rings. The number of benzene rings is 1. The van der Waals surface area contributed by atoms with Gasteiger partial charge in [0.2, 0.25) is 0 Å². The highest BCUT2D eigenvalue weighted by Crippen LogP contribution is 2.29. The number of likely N-dealkylation sites (tertiary alicyclic amines) is 1. The van der Waals surface area contributed by atoms with Crippen molar-refractivity contribution in [3.63, 3.8) is 0 Å². The van der Waals surface area contributed by atoms with E-state index < -0.39 is 6.10 Å². The van der Waals surface area contributed by atoms with Gasteiger partial charge in [0.05, 0.1) is 6.20 Å². The highest BCUT2D eigenvalue weighted by Gasteiger charge is 2.31. The normalized spacial score (nSPS) is 17.4. The second-order valence-corrected chi connectivity index (χ2v) is 8.18. The van der Waals surface area contributed by atoms with Crippen molar-refractivity contribution in [2.24, 2.45) is 0 Å². The van der Waals surface area contributed by atoms with E-state index in [4.69, 9.17) is 20.9 Å². The highest BCUT2D eigenvalue weighted by atomic mass is 35.5. The number of amides is 1. The van der Waals surface area contributed by atoms with Crippen molar-refractivity contribution in [2.75, 3.05) is 13.1 Å². The topological polar surface area (TPSA) is 94.2 Å². The summed E-state index contributed by atoms with van der Waals surface area (Å²) >= 11 is 6.23. The number of ether oxygens (including phenoxy) is 1. The number of hydrogen-bond donors (Lipinski definition) is 0. The molecule has 0 bridgehead atoms. The second-order valence-electron chi connectivity index (χ2n) is 7.80. The van der Waals surface area contributed by atoms with Crippen LogP contribution in [0.25, 0.3) is 11.6 Å². The molecule has 9 heteroatoms. The van der Waals surface area contributed by atoms with Crippen LogP contribution in [0, 0.1) is 13.8 Å². The molecule has 1 saturated heterocycles. The van der Waals surface area contributed by atoms with E-state index in [-0.39, 0.29) is 11.8 Å². The van der Waals surface area contributed by atoms with Crippen molar-refractivity contribution < 1.29 is 14.1 Å². The quantitative estimate of drug-likeness (QED) is 0.591. The lowest BCUT2D eigenvalue weighted by molar-refractivity contribution is -0.139. The number of piperidine rings is 1. The molecule has 4 rings (SSSR count). The van der Waals surface area contributed by atoms with E-state index in [0.29, 0.717) is 41.3 Å². The summed E-state index contributed by atoms with van der Waals surface area (Å²) in [7, 11) is 0. The standard InChI is InChI=1S/C22H24ClN5O3/c1-13-9-17(10-14(2)19(13)23)30-15(3)22(29)28-8-4-5-16(12-28)20-26-21(31-27-20)18-11-24-6-7-25-18/h6-7,9-11,15-16H,4-5,8,12H2,1-3H3/t15-,16-/m0/s1. The minimum atomic E-state index is -0.612. The maximum Gasteiger partial charge on any atom is 0.278 e. The average molecular weight is 442 g/mol. The average Bonchev–Trinajstić information content (AvgIpc) is 3.28. The summed E-state index contributed by atoms with van der Waals surface area (Å²) in [4.78, 5) is 27.5. The molecule has 0 aliphatic carbocycles. The van der Waals surface area contributed by atoms with Gasteiger partial charge >= 0.3 is 0 Å². The van der Waals surface area contributed by atoms with Crippen molar-refractivity contribution in [3.8, 4) is 17.3 Å². The largest absolute Gasteiger partial charge is 0.481 e. The lowest BCUT2D eigenvalue weighted by atomic mass is 9.97. The van der Waals surface area contributed by atoms with Gasteiger partial charge in [-0.25, -0.2) is 4.98 Å². The van der Waals surface area contributed by atoms with Gasteiger partial charge in [0.15, 0.2) is 11.9 Å². The molecule has 3 heterocycles. The maximum atomic E-state index is 13.0. The molecule has 2 atom stereocenters. The van der Waals surface area contributed by atoms with E-state index in [9.17, 15) is 4.79 Å². The number of carbonyl (C=O) groups is 1. The molecule has 3 aromatic rings. The Hall–Kier alpha value is -3.00. The third kappa shape index (κ3) is 4.69. The molecule has 0 spiro atoms. The molecule has 1 aromatic carbocycles. The molecule has 0 saturated carbocycles. The van der Waals surface area contributed by atoms with Gasteiger partial charge in [-0.05, 0) is 56.9 Å². The summed E-state index contributed by atoms with van der Waals surface area (Å²) in [6, 6.07) is 3.71. The SMILES string of the molecule is Cc1cc(O[C@@H](C)C(=O)N2CCC[C@H](c3noc(-c4cnccn4)n3)C2)cc(C)c1Cl. The molecule has 162 valence electrons. The first-order valence-electron chi connectivity index (χ1n) is 10.2. The first kappa shape index (κ1) is 21.2. The van der Waals surface area contributed by atoms with Crippen LogP contribution in [0.15, 0.2) is 35.2 Å². The van der Waals surface area contributed by atoms with Crippen molar-refractivity contribution in [2.45, 2.75) is 45.6 Å². The lowest BCUT2D eigenvalue weighted by Crippen LogP contribution is -2.45. The highest BCUT2D eigenvalue weighted by molar-refractivity contribution is 6.32. The van der Waals surface area contributed by atoms with Crippen molar-refractivity contribution >= 4 is 17.5 Å². The molecule has 0 N–H and O–H groups in total. The van der Waals surface area contributed by atoms with Crippen LogP contribution < -0.4 is 4.74 Å². The van der Waals surface area contributed by atoms with Crippen LogP contribution in [0.2, 0.25) is 5.02 Å². The van der Waals surface area contributed by atoms with Gasteiger partial charge in [-0.15, -0.1) is 0 Å². The fraction of sp³-hybridized carbons (Fsp3) is 0.409. The van der Waals surface area contributed by atoms with Crippen LogP contribution in [0.4, 0.5) is 0 Å². The van der Waals surface area contributed by atoms with Crippen LogP contribution >= 0.6 is 11.6 Å². The predicted molar refractivity (Wildman–Crippen MR) is 115 cm³/mol. The van der Waals surface area contributed by atoms with Gasteiger partial charge in [-0.3, -0.25) is 9.78 Å². The van der Waals surface area contributed by atoms with Crippen LogP contribution in [0.1, 0.15) is 42.6 Å². The van der Waals surface area contributed by atoms with Gasteiger partial charge in [0.1, 0.15) is 11.4 Å². The van der Waals surface area contributed by atoms with Crippen LogP contribution in [0.5, 0.6) is 5.75 Å². The van der Waals surface area contributed by atoms with Crippen LogP contribution in [-0.2, 0) is 4.79 Å². The molecule has 31 heavy (non-hydrogen) atoms. The van der Waals surface area contributed by atoms with Crippen LogP contribution in [0.3, 0.4) is 0 Å². The zero-order valence-electron chi connectivity index (χ0n) is 17.7. The summed E-state index contributed by atoms with van der Waals surface area (Å²) in [5.41, 5.74) is 2.37. The summed E-state index contributed by atoms with van der Waals surface area (Å²) in [6.07, 6.45) is 5.87. The Morgan fingerprint density at radius 1 is 1.29 bits per heavy atom. The minimum Gasteiger partial charge on any atom is -0.481 e. The predicted octanol–water partition coefficient (Wildman–Crippen LogP) is 3.97. The molecule has 1 amide bonds.